The summed E-state index contributed by atoms with van der Waals surface area (Å²) in [7, 11) is 0. The highest BCUT2D eigenvalue weighted by Gasteiger charge is 2.01. The lowest BCUT2D eigenvalue weighted by atomic mass is 10.2. The van der Waals surface area contributed by atoms with E-state index in [0.717, 1.165) is 10.0 Å². The zero-order chi connectivity index (χ0) is 13.0. The van der Waals surface area contributed by atoms with Crippen molar-refractivity contribution < 1.29 is 9.90 Å². The van der Waals surface area contributed by atoms with Crippen molar-refractivity contribution in [2.75, 3.05) is 0 Å². The van der Waals surface area contributed by atoms with Crippen molar-refractivity contribution in [3.63, 3.8) is 0 Å². The molecular formula is C13H9BrN2O2. The summed E-state index contributed by atoms with van der Waals surface area (Å²) >= 11 is 3.32. The Morgan fingerprint density at radius 2 is 2.17 bits per heavy atom. The van der Waals surface area contributed by atoms with Gasteiger partial charge >= 0.3 is 5.97 Å². The first-order valence-electron chi connectivity index (χ1n) is 5.13. The quantitative estimate of drug-likeness (QED) is 0.885. The standard InChI is InChI=1S/C13H9BrN2O2/c14-11-4-9(6-15-8-11)7-16-12-3-1-2-10(5-12)13(17)18/h1-8H,(H,17,18)/b16-7+. The summed E-state index contributed by atoms with van der Waals surface area (Å²) in [6.07, 6.45) is 5.00. The van der Waals surface area contributed by atoms with Crippen molar-refractivity contribution in [2.24, 2.45) is 4.99 Å². The van der Waals surface area contributed by atoms with Crippen LogP contribution in [0.4, 0.5) is 5.69 Å². The summed E-state index contributed by atoms with van der Waals surface area (Å²) in [5, 5.41) is 8.86. The number of aliphatic imine (C=N–C) groups is 1. The Bertz CT molecular complexity index is 611. The summed E-state index contributed by atoms with van der Waals surface area (Å²) in [5.41, 5.74) is 1.65. The van der Waals surface area contributed by atoms with Crippen molar-refractivity contribution in [1.29, 1.82) is 0 Å². The number of carboxylic acids is 1. The molecule has 0 atom stereocenters. The van der Waals surface area contributed by atoms with Crippen LogP contribution in [-0.2, 0) is 0 Å². The Hall–Kier alpha value is -2.01. The van der Waals surface area contributed by atoms with E-state index < -0.39 is 5.97 Å². The van der Waals surface area contributed by atoms with Gasteiger partial charge in [0, 0.05) is 28.6 Å². The topological polar surface area (TPSA) is 62.5 Å². The van der Waals surface area contributed by atoms with Crippen LogP contribution in [0.5, 0.6) is 0 Å². The third kappa shape index (κ3) is 3.24. The zero-order valence-electron chi connectivity index (χ0n) is 9.25. The SMILES string of the molecule is O=C(O)c1cccc(/N=C/c2cncc(Br)c2)c1. The molecule has 1 aromatic heterocycles. The molecular weight excluding hydrogens is 296 g/mol. The maximum Gasteiger partial charge on any atom is 0.335 e. The molecule has 0 aliphatic heterocycles. The smallest absolute Gasteiger partial charge is 0.335 e. The van der Waals surface area contributed by atoms with E-state index in [2.05, 4.69) is 25.9 Å². The van der Waals surface area contributed by atoms with E-state index in [1.807, 2.05) is 6.07 Å². The predicted molar refractivity (Wildman–Crippen MR) is 72.6 cm³/mol. The molecule has 2 rings (SSSR count). The number of halogens is 1. The van der Waals surface area contributed by atoms with Gasteiger partial charge in [0.2, 0.25) is 0 Å². The third-order valence-corrected chi connectivity index (χ3v) is 2.62. The molecule has 1 heterocycles. The lowest BCUT2D eigenvalue weighted by Gasteiger charge is -1.97. The molecule has 5 heteroatoms. The average Bonchev–Trinajstić information content (AvgIpc) is 2.37. The van der Waals surface area contributed by atoms with Gasteiger partial charge in [0.1, 0.15) is 0 Å². The number of hydrogen-bond acceptors (Lipinski definition) is 3. The minimum Gasteiger partial charge on any atom is -0.478 e. The molecule has 0 saturated carbocycles. The van der Waals surface area contributed by atoms with Gasteiger partial charge in [0.15, 0.2) is 0 Å². The summed E-state index contributed by atoms with van der Waals surface area (Å²) in [5.74, 6) is -0.962. The van der Waals surface area contributed by atoms with Gasteiger partial charge in [0.25, 0.3) is 0 Å². The zero-order valence-corrected chi connectivity index (χ0v) is 10.8. The lowest BCUT2D eigenvalue weighted by Crippen LogP contribution is -1.94. The van der Waals surface area contributed by atoms with Crippen LogP contribution in [0.2, 0.25) is 0 Å². The van der Waals surface area contributed by atoms with Crippen molar-refractivity contribution in [3.8, 4) is 0 Å². The molecule has 1 N–H and O–H groups in total. The highest BCUT2D eigenvalue weighted by molar-refractivity contribution is 9.10. The molecule has 18 heavy (non-hydrogen) atoms. The second-order valence-electron chi connectivity index (χ2n) is 3.55. The minimum absolute atomic E-state index is 0.219. The van der Waals surface area contributed by atoms with Crippen LogP contribution in [0.15, 0.2) is 52.2 Å². The fourth-order valence-electron chi connectivity index (χ4n) is 1.37. The molecule has 0 aliphatic carbocycles. The molecule has 0 spiro atoms. The van der Waals surface area contributed by atoms with E-state index in [4.69, 9.17) is 5.11 Å². The normalized spacial score (nSPS) is 10.7. The molecule has 4 nitrogen and oxygen atoms in total. The fraction of sp³-hybridized carbons (Fsp3) is 0. The van der Waals surface area contributed by atoms with Gasteiger partial charge in [-0.05, 0) is 40.2 Å². The van der Waals surface area contributed by atoms with Crippen molar-refractivity contribution in [3.05, 3.63) is 58.3 Å². The largest absolute Gasteiger partial charge is 0.478 e. The van der Waals surface area contributed by atoms with E-state index in [9.17, 15) is 4.79 Å². The number of aromatic nitrogens is 1. The maximum atomic E-state index is 10.8. The highest BCUT2D eigenvalue weighted by Crippen LogP contribution is 2.15. The number of carboxylic acid groups (broad SMARTS) is 1. The summed E-state index contributed by atoms with van der Waals surface area (Å²) in [6.45, 7) is 0. The van der Waals surface area contributed by atoms with Crippen molar-refractivity contribution in [1.82, 2.24) is 4.98 Å². The van der Waals surface area contributed by atoms with Crippen LogP contribution in [0.1, 0.15) is 15.9 Å². The number of pyridine rings is 1. The van der Waals surface area contributed by atoms with E-state index in [1.165, 1.54) is 12.1 Å². The molecule has 90 valence electrons. The first kappa shape index (κ1) is 12.4. The van der Waals surface area contributed by atoms with Gasteiger partial charge in [-0.2, -0.15) is 0 Å². The Morgan fingerprint density at radius 3 is 2.89 bits per heavy atom. The molecule has 0 unspecified atom stereocenters. The summed E-state index contributed by atoms with van der Waals surface area (Å²) < 4.78 is 0.866. The van der Waals surface area contributed by atoms with E-state index in [0.29, 0.717) is 5.69 Å². The Morgan fingerprint density at radius 1 is 1.33 bits per heavy atom. The predicted octanol–water partition coefficient (Wildman–Crippen LogP) is 3.29. The summed E-state index contributed by atoms with van der Waals surface area (Å²) in [4.78, 5) is 19.0. The number of nitrogens with zero attached hydrogens (tertiary/aromatic N) is 2. The van der Waals surface area contributed by atoms with E-state index in [-0.39, 0.29) is 5.56 Å². The molecule has 2 aromatic rings. The molecule has 0 bridgehead atoms. The van der Waals surface area contributed by atoms with Crippen LogP contribution in [0.25, 0.3) is 0 Å². The number of benzene rings is 1. The number of carbonyl (C=O) groups is 1. The lowest BCUT2D eigenvalue weighted by molar-refractivity contribution is 0.0697. The fourth-order valence-corrected chi connectivity index (χ4v) is 1.75. The Balaban J connectivity index is 2.23. The number of aromatic carboxylic acids is 1. The second-order valence-corrected chi connectivity index (χ2v) is 4.47. The van der Waals surface area contributed by atoms with Gasteiger partial charge in [-0.25, -0.2) is 4.79 Å². The van der Waals surface area contributed by atoms with Gasteiger partial charge in [0.05, 0.1) is 11.3 Å². The first-order chi connectivity index (χ1) is 8.65. The van der Waals surface area contributed by atoms with Gasteiger partial charge < -0.3 is 5.11 Å². The van der Waals surface area contributed by atoms with Crippen LogP contribution in [0, 0.1) is 0 Å². The van der Waals surface area contributed by atoms with Crippen molar-refractivity contribution in [2.45, 2.75) is 0 Å². The first-order valence-corrected chi connectivity index (χ1v) is 5.92. The summed E-state index contributed by atoms with van der Waals surface area (Å²) in [6, 6.07) is 8.33. The molecule has 0 radical (unpaired) electrons. The molecule has 0 aliphatic rings. The average molecular weight is 305 g/mol. The van der Waals surface area contributed by atoms with Crippen LogP contribution >= 0.6 is 15.9 Å². The van der Waals surface area contributed by atoms with Gasteiger partial charge in [-0.15, -0.1) is 0 Å². The molecule has 1 aromatic carbocycles. The van der Waals surface area contributed by atoms with Crippen molar-refractivity contribution >= 4 is 33.8 Å². The Kier molecular flexibility index (Phi) is 3.84. The van der Waals surface area contributed by atoms with Crippen LogP contribution in [0.3, 0.4) is 0 Å². The second kappa shape index (κ2) is 5.55. The van der Waals surface area contributed by atoms with Crippen LogP contribution in [-0.4, -0.2) is 22.3 Å². The van der Waals surface area contributed by atoms with E-state index in [1.54, 1.807) is 30.7 Å². The molecule has 0 saturated heterocycles. The number of rotatable bonds is 3. The highest BCUT2D eigenvalue weighted by atomic mass is 79.9. The van der Waals surface area contributed by atoms with Gasteiger partial charge in [-0.3, -0.25) is 9.98 Å². The van der Waals surface area contributed by atoms with E-state index >= 15 is 0 Å². The van der Waals surface area contributed by atoms with Crippen LogP contribution < -0.4 is 0 Å². The minimum atomic E-state index is -0.962. The maximum absolute atomic E-state index is 10.8. The Labute approximate surface area is 112 Å². The number of hydrogen-bond donors (Lipinski definition) is 1. The monoisotopic (exact) mass is 304 g/mol. The molecule has 0 amide bonds. The van der Waals surface area contributed by atoms with Gasteiger partial charge in [-0.1, -0.05) is 6.07 Å². The third-order valence-electron chi connectivity index (χ3n) is 2.18. The molecule has 0 fully saturated rings.